The summed E-state index contributed by atoms with van der Waals surface area (Å²) in [7, 11) is 0. The van der Waals surface area contributed by atoms with Crippen molar-refractivity contribution in [2.75, 3.05) is 18.4 Å². The summed E-state index contributed by atoms with van der Waals surface area (Å²) in [6, 6.07) is 9.35. The molecule has 1 aromatic carbocycles. The van der Waals surface area contributed by atoms with Crippen molar-refractivity contribution < 1.29 is 18.5 Å². The van der Waals surface area contributed by atoms with Crippen molar-refractivity contribution >= 4 is 39.3 Å². The summed E-state index contributed by atoms with van der Waals surface area (Å²) in [5, 5.41) is 10.0. The van der Waals surface area contributed by atoms with Crippen LogP contribution in [0.4, 0.5) is 5.13 Å². The van der Waals surface area contributed by atoms with Crippen molar-refractivity contribution in [3.63, 3.8) is 0 Å². The monoisotopic (exact) mass is 436 g/mol. The van der Waals surface area contributed by atoms with E-state index in [0.29, 0.717) is 24.0 Å². The molecule has 4 aromatic rings. The Morgan fingerprint density at radius 1 is 1.23 bits per heavy atom. The van der Waals surface area contributed by atoms with E-state index in [0.717, 1.165) is 35.1 Å². The summed E-state index contributed by atoms with van der Waals surface area (Å²) in [5.41, 5.74) is 2.33. The third kappa shape index (κ3) is 3.72. The zero-order valence-electron chi connectivity index (χ0n) is 16.8. The lowest BCUT2D eigenvalue weighted by Gasteiger charge is -2.30. The highest BCUT2D eigenvalue weighted by atomic mass is 32.1. The molecule has 1 saturated heterocycles. The van der Waals surface area contributed by atoms with E-state index in [4.69, 9.17) is 8.94 Å². The van der Waals surface area contributed by atoms with Crippen molar-refractivity contribution in [2.24, 2.45) is 0 Å². The van der Waals surface area contributed by atoms with Crippen LogP contribution in [0.1, 0.15) is 51.1 Å². The number of furan rings is 1. The molecule has 8 nitrogen and oxygen atoms in total. The summed E-state index contributed by atoms with van der Waals surface area (Å²) in [4.78, 5) is 31.1. The fourth-order valence-electron chi connectivity index (χ4n) is 3.93. The van der Waals surface area contributed by atoms with Crippen molar-refractivity contribution in [2.45, 2.75) is 25.7 Å². The number of hydrogen-bond acceptors (Lipinski definition) is 7. The zero-order valence-corrected chi connectivity index (χ0v) is 17.6. The molecule has 1 N–H and O–H groups in total. The molecule has 1 aliphatic rings. The van der Waals surface area contributed by atoms with Gasteiger partial charge in [0.25, 0.3) is 11.8 Å². The molecule has 0 spiro atoms. The molecule has 0 aliphatic carbocycles. The fraction of sp³-hybridized carbons (Fsp3) is 0.273. The van der Waals surface area contributed by atoms with Gasteiger partial charge >= 0.3 is 0 Å². The molecule has 0 atom stereocenters. The first-order chi connectivity index (χ1) is 15.1. The van der Waals surface area contributed by atoms with Crippen LogP contribution in [0.25, 0.3) is 11.0 Å². The number of anilines is 1. The van der Waals surface area contributed by atoms with Gasteiger partial charge in [0.1, 0.15) is 5.58 Å². The van der Waals surface area contributed by atoms with Crippen molar-refractivity contribution in [1.29, 1.82) is 0 Å². The van der Waals surface area contributed by atoms with Crippen LogP contribution in [0.3, 0.4) is 0 Å². The molecular formula is C22H20N4O4S. The number of para-hydroxylation sites is 1. The normalized spacial score (nSPS) is 14.8. The minimum atomic E-state index is -0.373. The van der Waals surface area contributed by atoms with Gasteiger partial charge in [-0.1, -0.05) is 23.4 Å². The molecule has 5 rings (SSSR count). The molecule has 31 heavy (non-hydrogen) atoms. The van der Waals surface area contributed by atoms with Crippen LogP contribution in [0, 0.1) is 6.92 Å². The summed E-state index contributed by atoms with van der Waals surface area (Å²) in [6.07, 6.45) is 3.10. The minimum Gasteiger partial charge on any atom is -0.451 e. The second-order valence-electron chi connectivity index (χ2n) is 7.53. The van der Waals surface area contributed by atoms with Crippen molar-refractivity contribution in [1.82, 2.24) is 15.0 Å². The average Bonchev–Trinajstić information content (AvgIpc) is 3.54. The van der Waals surface area contributed by atoms with E-state index < -0.39 is 0 Å². The van der Waals surface area contributed by atoms with Crippen LogP contribution in [0.5, 0.6) is 0 Å². The molecule has 0 unspecified atom stereocenters. The number of carbonyl (C=O) groups is 2. The number of aryl methyl sites for hydroxylation is 1. The minimum absolute atomic E-state index is 0.0872. The van der Waals surface area contributed by atoms with E-state index in [2.05, 4.69) is 15.5 Å². The largest absolute Gasteiger partial charge is 0.451 e. The van der Waals surface area contributed by atoms with Gasteiger partial charge < -0.3 is 13.8 Å². The number of hydrogen-bond donors (Lipinski definition) is 1. The van der Waals surface area contributed by atoms with Gasteiger partial charge in [-0.2, -0.15) is 0 Å². The Morgan fingerprint density at radius 3 is 2.77 bits per heavy atom. The number of nitrogens with zero attached hydrogens (tertiary/aromatic N) is 3. The number of likely N-dealkylation sites (tertiary alicyclic amines) is 1. The van der Waals surface area contributed by atoms with E-state index in [9.17, 15) is 9.59 Å². The highest BCUT2D eigenvalue weighted by Crippen LogP contribution is 2.31. The number of piperidine rings is 1. The molecule has 0 radical (unpaired) electrons. The number of rotatable bonds is 4. The van der Waals surface area contributed by atoms with Crippen LogP contribution < -0.4 is 5.32 Å². The molecule has 0 bridgehead atoms. The Balaban J connectivity index is 1.23. The quantitative estimate of drug-likeness (QED) is 0.507. The third-order valence-corrected chi connectivity index (χ3v) is 6.33. The number of fused-ring (bicyclic) bond motifs is 1. The molecule has 3 aromatic heterocycles. The SMILES string of the molecule is Cc1c(C(=O)N2CCC(c3cc(C(=O)Nc4nccs4)on3)CC2)oc2ccccc12. The molecule has 4 heterocycles. The molecule has 158 valence electrons. The first kappa shape index (κ1) is 19.5. The van der Waals surface area contributed by atoms with Gasteiger partial charge in [-0.25, -0.2) is 4.98 Å². The van der Waals surface area contributed by atoms with Gasteiger partial charge in [0.2, 0.25) is 5.76 Å². The molecule has 0 saturated carbocycles. The first-order valence-electron chi connectivity index (χ1n) is 10.0. The topological polar surface area (TPSA) is 101 Å². The second kappa shape index (κ2) is 7.99. The Morgan fingerprint density at radius 2 is 2.03 bits per heavy atom. The lowest BCUT2D eigenvalue weighted by atomic mass is 9.93. The van der Waals surface area contributed by atoms with Crippen LogP contribution >= 0.6 is 11.3 Å². The van der Waals surface area contributed by atoms with Crippen molar-refractivity contribution in [3.05, 3.63) is 64.7 Å². The van der Waals surface area contributed by atoms with Gasteiger partial charge in [0.05, 0.1) is 5.69 Å². The maximum absolute atomic E-state index is 13.0. The van der Waals surface area contributed by atoms with Gasteiger partial charge in [-0.05, 0) is 25.8 Å². The average molecular weight is 436 g/mol. The second-order valence-corrected chi connectivity index (χ2v) is 8.42. The van der Waals surface area contributed by atoms with Gasteiger partial charge in [-0.15, -0.1) is 11.3 Å². The molecule has 1 fully saturated rings. The van der Waals surface area contributed by atoms with E-state index in [1.807, 2.05) is 36.1 Å². The fourth-order valence-corrected chi connectivity index (χ4v) is 4.46. The van der Waals surface area contributed by atoms with Gasteiger partial charge in [-0.3, -0.25) is 14.9 Å². The molecule has 9 heteroatoms. The van der Waals surface area contributed by atoms with E-state index in [1.165, 1.54) is 11.3 Å². The van der Waals surface area contributed by atoms with Crippen molar-refractivity contribution in [3.8, 4) is 0 Å². The maximum atomic E-state index is 13.0. The highest BCUT2D eigenvalue weighted by molar-refractivity contribution is 7.13. The first-order valence-corrected chi connectivity index (χ1v) is 10.9. The van der Waals surface area contributed by atoms with E-state index >= 15 is 0 Å². The Bertz CT molecular complexity index is 1240. The number of nitrogens with one attached hydrogen (secondary N) is 1. The number of carbonyl (C=O) groups excluding carboxylic acids is 2. The molecular weight excluding hydrogens is 416 g/mol. The number of thiazole rings is 1. The Labute approximate surface area is 181 Å². The standard InChI is InChI=1S/C22H20N4O4S/c1-13-15-4-2-3-5-17(15)29-19(13)21(28)26-9-6-14(7-10-26)16-12-18(30-25-16)20(27)24-22-23-8-11-31-22/h2-5,8,11-12,14H,6-7,9-10H2,1H3,(H,23,24,27). The van der Waals surface area contributed by atoms with Crippen LogP contribution in [0.15, 0.2) is 50.8 Å². The molecule has 2 amide bonds. The number of amides is 2. The lowest BCUT2D eigenvalue weighted by molar-refractivity contribution is 0.0680. The van der Waals surface area contributed by atoms with Crippen LogP contribution in [-0.4, -0.2) is 39.9 Å². The van der Waals surface area contributed by atoms with Crippen LogP contribution in [0.2, 0.25) is 0 Å². The summed E-state index contributed by atoms with van der Waals surface area (Å²) in [6.45, 7) is 3.10. The summed E-state index contributed by atoms with van der Waals surface area (Å²) < 4.78 is 11.1. The highest BCUT2D eigenvalue weighted by Gasteiger charge is 2.30. The van der Waals surface area contributed by atoms with Gasteiger partial charge in [0.15, 0.2) is 10.9 Å². The maximum Gasteiger partial charge on any atom is 0.296 e. The Kier molecular flexibility index (Phi) is 5.03. The smallest absolute Gasteiger partial charge is 0.296 e. The van der Waals surface area contributed by atoms with E-state index in [-0.39, 0.29) is 23.5 Å². The summed E-state index contributed by atoms with van der Waals surface area (Å²) in [5.74, 6) is 0.229. The zero-order chi connectivity index (χ0) is 21.4. The predicted molar refractivity (Wildman–Crippen MR) is 115 cm³/mol. The molecule has 1 aliphatic heterocycles. The van der Waals surface area contributed by atoms with Crippen LogP contribution in [-0.2, 0) is 0 Å². The Hall–Kier alpha value is -3.46. The van der Waals surface area contributed by atoms with E-state index in [1.54, 1.807) is 17.6 Å². The number of benzene rings is 1. The van der Waals surface area contributed by atoms with Gasteiger partial charge in [0, 0.05) is 47.6 Å². The lowest BCUT2D eigenvalue weighted by Crippen LogP contribution is -2.38. The predicted octanol–water partition coefficient (Wildman–Crippen LogP) is 4.46. The third-order valence-electron chi connectivity index (χ3n) is 5.64. The summed E-state index contributed by atoms with van der Waals surface area (Å²) >= 11 is 1.33. The number of aromatic nitrogens is 2.